The quantitative estimate of drug-likeness (QED) is 0.595. The van der Waals surface area contributed by atoms with Crippen molar-refractivity contribution >= 4 is 33.4 Å². The monoisotopic (exact) mass is 542 g/mol. The van der Waals surface area contributed by atoms with Crippen LogP contribution in [0.3, 0.4) is 0 Å². The van der Waals surface area contributed by atoms with Crippen LogP contribution < -0.4 is 10.2 Å². The Morgan fingerprint density at radius 2 is 1.63 bits per heavy atom. The average molecular weight is 543 g/mol. The SMILES string of the molecule is CC(C)(C)c1ccc(S(=O)(=O)N2CCN(c3cc(F)cc4c3CN(C3CCC(=O)NC3=O)C4=O)CC2)cc1. The molecule has 1 unspecified atom stereocenters. The van der Waals surface area contributed by atoms with E-state index in [0.29, 0.717) is 24.3 Å². The third-order valence-corrected chi connectivity index (χ3v) is 9.45. The second-order valence-electron chi connectivity index (χ2n) is 11.0. The molecule has 0 aromatic heterocycles. The van der Waals surface area contributed by atoms with Crippen molar-refractivity contribution in [3.63, 3.8) is 0 Å². The molecule has 3 heterocycles. The van der Waals surface area contributed by atoms with E-state index >= 15 is 0 Å². The second-order valence-corrected chi connectivity index (χ2v) is 13.0. The number of imide groups is 1. The van der Waals surface area contributed by atoms with Crippen molar-refractivity contribution in [1.82, 2.24) is 14.5 Å². The molecule has 5 rings (SSSR count). The summed E-state index contributed by atoms with van der Waals surface area (Å²) in [7, 11) is -3.69. The highest BCUT2D eigenvalue weighted by atomic mass is 32.2. The minimum Gasteiger partial charge on any atom is -0.369 e. The summed E-state index contributed by atoms with van der Waals surface area (Å²) in [4.78, 5) is 40.6. The summed E-state index contributed by atoms with van der Waals surface area (Å²) in [5.74, 6) is -1.93. The summed E-state index contributed by atoms with van der Waals surface area (Å²) in [5, 5.41) is 2.27. The first-order valence-corrected chi connectivity index (χ1v) is 14.1. The number of hydrogen-bond donors (Lipinski definition) is 1. The molecule has 2 fully saturated rings. The van der Waals surface area contributed by atoms with Crippen LogP contribution in [0.2, 0.25) is 0 Å². The molecule has 3 aliphatic heterocycles. The molecule has 9 nitrogen and oxygen atoms in total. The van der Waals surface area contributed by atoms with Crippen LogP contribution in [-0.4, -0.2) is 67.6 Å². The Morgan fingerprint density at radius 3 is 2.24 bits per heavy atom. The molecule has 0 radical (unpaired) electrons. The van der Waals surface area contributed by atoms with Crippen molar-refractivity contribution in [1.29, 1.82) is 0 Å². The van der Waals surface area contributed by atoms with Gasteiger partial charge in [0.25, 0.3) is 5.91 Å². The Balaban J connectivity index is 1.33. The average Bonchev–Trinajstić information content (AvgIpc) is 3.19. The number of carbonyl (C=O) groups excluding carboxylic acids is 3. The Labute approximate surface area is 221 Å². The summed E-state index contributed by atoms with van der Waals surface area (Å²) < 4.78 is 42.6. The zero-order valence-electron chi connectivity index (χ0n) is 21.7. The molecule has 11 heteroatoms. The normalized spacial score (nSPS) is 21.1. The van der Waals surface area contributed by atoms with Gasteiger partial charge in [-0.05, 0) is 41.7 Å². The lowest BCUT2D eigenvalue weighted by atomic mass is 9.87. The molecule has 0 saturated carbocycles. The molecule has 3 amide bonds. The standard InChI is InChI=1S/C27H31FN4O5S/c1-27(2,3)17-4-6-19(7-5-17)38(36,37)31-12-10-30(11-13-31)23-15-18(28)14-20-21(23)16-32(26(20)35)22-8-9-24(33)29-25(22)34/h4-7,14-15,22H,8-13,16H2,1-3H3,(H,29,33,34). The van der Waals surface area contributed by atoms with Crippen LogP contribution in [0.25, 0.3) is 0 Å². The lowest BCUT2D eigenvalue weighted by Gasteiger charge is -2.36. The number of hydrogen-bond acceptors (Lipinski definition) is 6. The molecule has 202 valence electrons. The van der Waals surface area contributed by atoms with Crippen molar-refractivity contribution < 1.29 is 27.2 Å². The fourth-order valence-corrected chi connectivity index (χ4v) is 6.76. The third-order valence-electron chi connectivity index (χ3n) is 7.53. The molecule has 2 aromatic carbocycles. The molecule has 1 atom stereocenters. The number of carbonyl (C=O) groups is 3. The summed E-state index contributed by atoms with van der Waals surface area (Å²) >= 11 is 0. The minimum atomic E-state index is -3.69. The van der Waals surface area contributed by atoms with Crippen LogP contribution in [0.1, 0.15) is 55.1 Å². The number of piperidine rings is 1. The summed E-state index contributed by atoms with van der Waals surface area (Å²) in [5.41, 5.74) is 2.28. The van der Waals surface area contributed by atoms with Gasteiger partial charge in [0.2, 0.25) is 21.8 Å². The highest BCUT2D eigenvalue weighted by Gasteiger charge is 2.41. The van der Waals surface area contributed by atoms with Crippen molar-refractivity contribution in [2.24, 2.45) is 0 Å². The van der Waals surface area contributed by atoms with E-state index in [-0.39, 0.29) is 54.3 Å². The molecule has 38 heavy (non-hydrogen) atoms. The predicted molar refractivity (Wildman–Crippen MR) is 139 cm³/mol. The molecule has 0 spiro atoms. The van der Waals surface area contributed by atoms with E-state index in [4.69, 9.17) is 0 Å². The van der Waals surface area contributed by atoms with Crippen molar-refractivity contribution in [2.75, 3.05) is 31.1 Å². The van der Waals surface area contributed by atoms with Gasteiger partial charge in [0, 0.05) is 56.0 Å². The highest BCUT2D eigenvalue weighted by molar-refractivity contribution is 7.89. The number of fused-ring (bicyclic) bond motifs is 1. The van der Waals surface area contributed by atoms with Crippen LogP contribution in [0, 0.1) is 5.82 Å². The van der Waals surface area contributed by atoms with Gasteiger partial charge in [-0.2, -0.15) is 4.31 Å². The summed E-state index contributed by atoms with van der Waals surface area (Å²) in [6.45, 7) is 7.38. The van der Waals surface area contributed by atoms with Gasteiger partial charge in [0.05, 0.1) is 4.90 Å². The van der Waals surface area contributed by atoms with Gasteiger partial charge in [-0.15, -0.1) is 0 Å². The van der Waals surface area contributed by atoms with E-state index in [0.717, 1.165) is 5.56 Å². The van der Waals surface area contributed by atoms with Gasteiger partial charge in [0.1, 0.15) is 11.9 Å². The number of anilines is 1. The zero-order chi connectivity index (χ0) is 27.4. The number of benzene rings is 2. The fraction of sp³-hybridized carbons (Fsp3) is 0.444. The van der Waals surface area contributed by atoms with Crippen molar-refractivity contribution in [3.05, 3.63) is 58.9 Å². The number of piperazine rings is 1. The van der Waals surface area contributed by atoms with Gasteiger partial charge in [-0.25, -0.2) is 12.8 Å². The number of nitrogens with one attached hydrogen (secondary N) is 1. The van der Waals surface area contributed by atoms with Crippen molar-refractivity contribution in [2.45, 2.75) is 56.5 Å². The van der Waals surface area contributed by atoms with Crippen LogP contribution in [-0.2, 0) is 31.6 Å². The maximum absolute atomic E-state index is 14.6. The Morgan fingerprint density at radius 1 is 0.974 bits per heavy atom. The highest BCUT2D eigenvalue weighted by Crippen LogP contribution is 2.36. The lowest BCUT2D eigenvalue weighted by molar-refractivity contribution is -0.136. The molecule has 3 aliphatic rings. The van der Waals surface area contributed by atoms with Gasteiger partial charge in [-0.1, -0.05) is 32.9 Å². The zero-order valence-corrected chi connectivity index (χ0v) is 22.5. The van der Waals surface area contributed by atoms with Gasteiger partial charge in [0.15, 0.2) is 0 Å². The number of sulfonamides is 1. The van der Waals surface area contributed by atoms with Crippen LogP contribution >= 0.6 is 0 Å². The maximum atomic E-state index is 14.6. The number of rotatable bonds is 4. The van der Waals surface area contributed by atoms with E-state index in [2.05, 4.69) is 26.1 Å². The van der Waals surface area contributed by atoms with Gasteiger partial charge in [-0.3, -0.25) is 19.7 Å². The largest absolute Gasteiger partial charge is 0.369 e. The summed E-state index contributed by atoms with van der Waals surface area (Å²) in [6.07, 6.45) is 0.350. The third kappa shape index (κ3) is 4.69. The molecule has 2 aromatic rings. The molecular formula is C27H31FN4O5S. The first kappa shape index (κ1) is 26.3. The lowest BCUT2D eigenvalue weighted by Crippen LogP contribution is -2.52. The predicted octanol–water partition coefficient (Wildman–Crippen LogP) is 2.40. The number of halogens is 1. The summed E-state index contributed by atoms with van der Waals surface area (Å²) in [6, 6.07) is 8.68. The topological polar surface area (TPSA) is 107 Å². The molecule has 1 N–H and O–H groups in total. The minimum absolute atomic E-state index is 0.0890. The fourth-order valence-electron chi connectivity index (χ4n) is 5.33. The Bertz CT molecular complexity index is 1410. The van der Waals surface area contributed by atoms with Gasteiger partial charge < -0.3 is 9.80 Å². The molecule has 2 saturated heterocycles. The number of nitrogens with zero attached hydrogens (tertiary/aromatic N) is 3. The van der Waals surface area contributed by atoms with E-state index in [1.165, 1.54) is 21.3 Å². The molecule has 0 bridgehead atoms. The molecule has 0 aliphatic carbocycles. The Kier molecular flexibility index (Phi) is 6.55. The first-order chi connectivity index (χ1) is 17.9. The van der Waals surface area contributed by atoms with Crippen LogP contribution in [0.15, 0.2) is 41.3 Å². The molecular weight excluding hydrogens is 511 g/mol. The maximum Gasteiger partial charge on any atom is 0.255 e. The second kappa shape index (κ2) is 9.46. The van der Waals surface area contributed by atoms with E-state index < -0.39 is 33.7 Å². The van der Waals surface area contributed by atoms with Crippen molar-refractivity contribution in [3.8, 4) is 0 Å². The van der Waals surface area contributed by atoms with E-state index in [9.17, 15) is 27.2 Å². The van der Waals surface area contributed by atoms with Crippen LogP contribution in [0.5, 0.6) is 0 Å². The van der Waals surface area contributed by atoms with Gasteiger partial charge >= 0.3 is 0 Å². The van der Waals surface area contributed by atoms with Crippen LogP contribution in [0.4, 0.5) is 10.1 Å². The first-order valence-electron chi connectivity index (χ1n) is 12.7. The number of amides is 3. The van der Waals surface area contributed by atoms with E-state index in [1.807, 2.05) is 17.0 Å². The van der Waals surface area contributed by atoms with E-state index in [1.54, 1.807) is 12.1 Å². The Hall–Kier alpha value is -3.31. The smallest absolute Gasteiger partial charge is 0.255 e.